The van der Waals surface area contributed by atoms with Gasteiger partial charge in [-0.1, -0.05) is 146 Å². The van der Waals surface area contributed by atoms with Crippen molar-refractivity contribution in [3.05, 3.63) is 162 Å². The average molecular weight is 542 g/mol. The van der Waals surface area contributed by atoms with Gasteiger partial charge in [0.2, 0.25) is 0 Å². The molecular formula is C36H32NO2P. The molecule has 198 valence electrons. The minimum absolute atomic E-state index is 0.00466. The average Bonchev–Trinajstić information content (AvgIpc) is 3.56. The lowest BCUT2D eigenvalue weighted by Crippen LogP contribution is -2.40. The van der Waals surface area contributed by atoms with Crippen molar-refractivity contribution < 1.29 is 9.84 Å². The number of hydrogen-bond donors (Lipinski definition) is 1. The molecule has 2 heterocycles. The molecular weight excluding hydrogens is 509 g/mol. The Morgan fingerprint density at radius 3 is 1.65 bits per heavy atom. The highest BCUT2D eigenvalue weighted by Gasteiger charge is 2.59. The first-order valence-corrected chi connectivity index (χ1v) is 15.3. The second-order valence-electron chi connectivity index (χ2n) is 10.6. The molecule has 0 amide bonds. The largest absolute Gasteiger partial charge is 0.392 e. The monoisotopic (exact) mass is 541 g/mol. The molecule has 0 bridgehead atoms. The van der Waals surface area contributed by atoms with Gasteiger partial charge in [0.1, 0.15) is 11.8 Å². The first-order valence-electron chi connectivity index (χ1n) is 14.0. The molecule has 1 N–H and O–H groups in total. The molecule has 2 aliphatic heterocycles. The van der Waals surface area contributed by atoms with Crippen molar-refractivity contribution in [2.24, 2.45) is 0 Å². The summed E-state index contributed by atoms with van der Waals surface area (Å²) in [4.78, 5) is 2.41. The Bertz CT molecular complexity index is 1480. The van der Waals surface area contributed by atoms with E-state index in [4.69, 9.17) is 4.74 Å². The van der Waals surface area contributed by atoms with Gasteiger partial charge in [0.25, 0.3) is 0 Å². The summed E-state index contributed by atoms with van der Waals surface area (Å²) in [5.74, 6) is 0. The van der Waals surface area contributed by atoms with Gasteiger partial charge in [-0.05, 0) is 41.4 Å². The number of fused-ring (bicyclic) bond motifs is 1. The highest BCUT2D eigenvalue weighted by Crippen LogP contribution is 2.55. The van der Waals surface area contributed by atoms with E-state index in [0.717, 1.165) is 11.1 Å². The van der Waals surface area contributed by atoms with E-state index in [2.05, 4.69) is 150 Å². The van der Waals surface area contributed by atoms with Crippen molar-refractivity contribution in [1.29, 1.82) is 0 Å². The van der Waals surface area contributed by atoms with Crippen LogP contribution in [-0.4, -0.2) is 28.7 Å². The highest BCUT2D eigenvalue weighted by atomic mass is 31.1. The maximum Gasteiger partial charge on any atom is 0.139 e. The van der Waals surface area contributed by atoms with E-state index in [1.807, 2.05) is 0 Å². The van der Waals surface area contributed by atoms with Crippen LogP contribution < -0.4 is 15.9 Å². The molecule has 0 aromatic heterocycles. The molecule has 0 saturated carbocycles. The summed E-state index contributed by atoms with van der Waals surface area (Å²) < 4.78 is 7.41. The predicted octanol–water partition coefficient (Wildman–Crippen LogP) is 5.85. The van der Waals surface area contributed by atoms with Crippen LogP contribution in [0.4, 0.5) is 0 Å². The number of ether oxygens (including phenoxy) is 1. The molecule has 0 radical (unpaired) electrons. The molecule has 2 saturated heterocycles. The van der Waals surface area contributed by atoms with Crippen molar-refractivity contribution in [2.45, 2.75) is 30.4 Å². The van der Waals surface area contributed by atoms with Crippen LogP contribution >= 0.6 is 7.92 Å². The number of hydrogen-bond acceptors (Lipinski definition) is 3. The van der Waals surface area contributed by atoms with Gasteiger partial charge in [-0.15, -0.1) is 0 Å². The Kier molecular flexibility index (Phi) is 6.83. The van der Waals surface area contributed by atoms with Crippen LogP contribution in [0.25, 0.3) is 0 Å². The lowest BCUT2D eigenvalue weighted by atomic mass is 9.79. The van der Waals surface area contributed by atoms with E-state index in [1.165, 1.54) is 21.5 Å². The number of aliphatic hydroxyl groups excluding tert-OH is 1. The van der Waals surface area contributed by atoms with Crippen LogP contribution in [0, 0.1) is 0 Å². The Morgan fingerprint density at radius 2 is 1.10 bits per heavy atom. The van der Waals surface area contributed by atoms with E-state index in [1.54, 1.807) is 0 Å². The summed E-state index contributed by atoms with van der Waals surface area (Å²) in [6.45, 7) is 0.583. The number of nitrogens with zero attached hydrogens (tertiary/aromatic N) is 1. The summed E-state index contributed by atoms with van der Waals surface area (Å²) in [5.41, 5.74) is 2.73. The maximum atomic E-state index is 11.1. The van der Waals surface area contributed by atoms with Crippen LogP contribution in [0.15, 0.2) is 146 Å². The van der Waals surface area contributed by atoms with Gasteiger partial charge in [0.05, 0.1) is 12.1 Å². The van der Waals surface area contributed by atoms with Crippen molar-refractivity contribution >= 4 is 23.8 Å². The van der Waals surface area contributed by atoms with Crippen LogP contribution in [-0.2, 0) is 10.3 Å². The SMILES string of the molecule is O[C@@H]1C[C@@H]2N(C1)[C@H](c1ccccc1P(c1ccccc1)c1ccccc1)OC2(c1ccccc1)c1ccccc1. The molecule has 0 spiro atoms. The third kappa shape index (κ3) is 4.31. The molecule has 0 aliphatic carbocycles. The number of aliphatic hydroxyl groups is 1. The van der Waals surface area contributed by atoms with Crippen LogP contribution in [0.3, 0.4) is 0 Å². The Morgan fingerprint density at radius 1 is 0.625 bits per heavy atom. The number of rotatable bonds is 6. The van der Waals surface area contributed by atoms with E-state index < -0.39 is 19.6 Å². The van der Waals surface area contributed by atoms with Gasteiger partial charge in [0, 0.05) is 12.1 Å². The van der Waals surface area contributed by atoms with Gasteiger partial charge in [-0.25, -0.2) is 0 Å². The van der Waals surface area contributed by atoms with E-state index in [0.29, 0.717) is 13.0 Å². The third-order valence-corrected chi connectivity index (χ3v) is 10.8. The van der Waals surface area contributed by atoms with E-state index in [9.17, 15) is 5.11 Å². The Balaban J connectivity index is 1.42. The second kappa shape index (κ2) is 10.8. The third-order valence-electron chi connectivity index (χ3n) is 8.26. The van der Waals surface area contributed by atoms with Gasteiger partial charge in [-0.2, -0.15) is 0 Å². The lowest BCUT2D eigenvalue weighted by Gasteiger charge is -2.35. The quantitative estimate of drug-likeness (QED) is 0.274. The molecule has 40 heavy (non-hydrogen) atoms. The fourth-order valence-corrected chi connectivity index (χ4v) is 9.08. The Labute approximate surface area is 237 Å². The zero-order chi connectivity index (χ0) is 26.9. The normalized spacial score (nSPS) is 21.9. The first-order chi connectivity index (χ1) is 19.8. The molecule has 7 rings (SSSR count). The van der Waals surface area contributed by atoms with Crippen LogP contribution in [0.2, 0.25) is 0 Å². The smallest absolute Gasteiger partial charge is 0.139 e. The van der Waals surface area contributed by atoms with Gasteiger partial charge in [-0.3, -0.25) is 4.90 Å². The van der Waals surface area contributed by atoms with Crippen LogP contribution in [0.5, 0.6) is 0 Å². The molecule has 3 nitrogen and oxygen atoms in total. The summed E-state index contributed by atoms with van der Waals surface area (Å²) in [6, 6.07) is 51.6. The lowest BCUT2D eigenvalue weighted by molar-refractivity contribution is -0.0538. The minimum atomic E-state index is -0.820. The van der Waals surface area contributed by atoms with Crippen molar-refractivity contribution in [2.75, 3.05) is 6.54 Å². The predicted molar refractivity (Wildman–Crippen MR) is 164 cm³/mol. The molecule has 5 aromatic rings. The summed E-state index contributed by atoms with van der Waals surface area (Å²) >= 11 is 0. The van der Waals surface area contributed by atoms with Crippen molar-refractivity contribution in [3.63, 3.8) is 0 Å². The molecule has 0 unspecified atom stereocenters. The second-order valence-corrected chi connectivity index (χ2v) is 12.8. The molecule has 4 heteroatoms. The number of benzene rings is 5. The zero-order valence-electron chi connectivity index (χ0n) is 22.3. The summed E-state index contributed by atoms with van der Waals surface area (Å²) in [6.07, 6.45) is -0.0366. The van der Waals surface area contributed by atoms with E-state index >= 15 is 0 Å². The first kappa shape index (κ1) is 25.4. The minimum Gasteiger partial charge on any atom is -0.392 e. The molecule has 2 aliphatic rings. The van der Waals surface area contributed by atoms with Crippen LogP contribution in [0.1, 0.15) is 29.3 Å². The molecule has 3 atom stereocenters. The van der Waals surface area contributed by atoms with Crippen molar-refractivity contribution in [3.8, 4) is 0 Å². The van der Waals surface area contributed by atoms with Gasteiger partial charge < -0.3 is 9.84 Å². The van der Waals surface area contributed by atoms with Gasteiger partial charge in [0.15, 0.2) is 0 Å². The zero-order valence-corrected chi connectivity index (χ0v) is 23.1. The van der Waals surface area contributed by atoms with Gasteiger partial charge >= 0.3 is 0 Å². The summed E-state index contributed by atoms with van der Waals surface area (Å²) in [7, 11) is -0.820. The summed E-state index contributed by atoms with van der Waals surface area (Å²) in [5, 5.41) is 15.0. The Hall–Kier alpha value is -3.59. The molecule has 2 fully saturated rings. The topological polar surface area (TPSA) is 32.7 Å². The maximum absolute atomic E-state index is 11.1. The highest BCUT2D eigenvalue weighted by molar-refractivity contribution is 7.79. The fourth-order valence-electron chi connectivity index (χ4n) is 6.60. The fraction of sp³-hybridized carbons (Fsp3) is 0.167. The van der Waals surface area contributed by atoms with Crippen molar-refractivity contribution in [1.82, 2.24) is 4.90 Å². The van der Waals surface area contributed by atoms with E-state index in [-0.39, 0.29) is 12.3 Å². The molecule has 5 aromatic carbocycles. The standard InChI is InChI=1S/C36H32NO2P/c38-29-25-34-36(27-15-5-1-6-16-27,28-17-7-2-8-18-28)39-35(37(34)26-29)32-23-13-14-24-33(32)40(30-19-9-3-10-20-30)31-21-11-4-12-22-31/h1-24,29,34-35,38H,25-26H2/t29-,34+,35+/m1/s1.